The molecule has 2 rings (SSSR count). The lowest BCUT2D eigenvalue weighted by molar-refractivity contribution is 0.144. The third-order valence-corrected chi connectivity index (χ3v) is 3.81. The summed E-state index contributed by atoms with van der Waals surface area (Å²) in [5.41, 5.74) is 2.57. The number of hydrogen-bond acceptors (Lipinski definition) is 3. The molecule has 0 amide bonds. The highest BCUT2D eigenvalue weighted by Gasteiger charge is 2.23. The van der Waals surface area contributed by atoms with E-state index in [1.54, 1.807) is 11.8 Å². The summed E-state index contributed by atoms with van der Waals surface area (Å²) in [6.45, 7) is 0. The van der Waals surface area contributed by atoms with Gasteiger partial charge in [0, 0.05) is 5.69 Å². The lowest BCUT2D eigenvalue weighted by Gasteiger charge is -2.30. The normalized spacial score (nSPS) is 21.0. The topological polar surface area (TPSA) is 32.3 Å². The van der Waals surface area contributed by atoms with E-state index in [-0.39, 0.29) is 12.1 Å². The standard InChI is InChI=1S/C13H19NOS/c1-16-9-8-13(15)12-7-6-10-4-2-3-5-11(10)14-12/h2-5,12-15H,6-9H2,1H3. The Morgan fingerprint density at radius 1 is 1.50 bits per heavy atom. The third kappa shape index (κ3) is 2.71. The number of benzene rings is 1. The number of nitrogens with one attached hydrogen (secondary N) is 1. The Morgan fingerprint density at radius 3 is 3.12 bits per heavy atom. The van der Waals surface area contributed by atoms with Crippen LogP contribution < -0.4 is 5.32 Å². The van der Waals surface area contributed by atoms with E-state index in [1.165, 1.54) is 11.3 Å². The summed E-state index contributed by atoms with van der Waals surface area (Å²) in [7, 11) is 0. The SMILES string of the molecule is CSCCC(O)C1CCc2ccccc2N1. The van der Waals surface area contributed by atoms with Crippen LogP contribution in [0.3, 0.4) is 0 Å². The summed E-state index contributed by atoms with van der Waals surface area (Å²) in [4.78, 5) is 0. The Bertz CT molecular complexity index is 342. The molecule has 1 aromatic rings. The van der Waals surface area contributed by atoms with Crippen molar-refractivity contribution in [2.75, 3.05) is 17.3 Å². The van der Waals surface area contributed by atoms with Crippen LogP contribution in [0.1, 0.15) is 18.4 Å². The number of fused-ring (bicyclic) bond motifs is 1. The number of hydrogen-bond donors (Lipinski definition) is 2. The average molecular weight is 237 g/mol. The van der Waals surface area contributed by atoms with Gasteiger partial charge in [-0.05, 0) is 42.9 Å². The molecule has 2 N–H and O–H groups in total. The molecule has 2 unspecified atom stereocenters. The Morgan fingerprint density at radius 2 is 2.31 bits per heavy atom. The first-order valence-electron chi connectivity index (χ1n) is 5.82. The molecule has 88 valence electrons. The molecule has 2 nitrogen and oxygen atoms in total. The second-order valence-electron chi connectivity index (χ2n) is 4.30. The fourth-order valence-corrected chi connectivity index (χ4v) is 2.67. The van der Waals surface area contributed by atoms with Crippen molar-refractivity contribution in [2.45, 2.75) is 31.4 Å². The summed E-state index contributed by atoms with van der Waals surface area (Å²) < 4.78 is 0. The van der Waals surface area contributed by atoms with Crippen molar-refractivity contribution in [2.24, 2.45) is 0 Å². The van der Waals surface area contributed by atoms with E-state index in [9.17, 15) is 5.11 Å². The predicted octanol–water partition coefficient (Wildman–Crippen LogP) is 2.53. The van der Waals surface area contributed by atoms with Gasteiger partial charge in [0.15, 0.2) is 0 Å². The highest BCUT2D eigenvalue weighted by atomic mass is 32.2. The van der Waals surface area contributed by atoms with Crippen molar-refractivity contribution < 1.29 is 5.11 Å². The van der Waals surface area contributed by atoms with E-state index in [0.717, 1.165) is 25.0 Å². The van der Waals surface area contributed by atoms with Gasteiger partial charge in [0.2, 0.25) is 0 Å². The van der Waals surface area contributed by atoms with Crippen molar-refractivity contribution in [1.29, 1.82) is 0 Å². The summed E-state index contributed by atoms with van der Waals surface area (Å²) in [5.74, 6) is 1.03. The molecule has 0 saturated heterocycles. The molecule has 0 spiro atoms. The molecule has 16 heavy (non-hydrogen) atoms. The lowest BCUT2D eigenvalue weighted by atomic mass is 9.94. The molecule has 0 bridgehead atoms. The van der Waals surface area contributed by atoms with E-state index in [0.29, 0.717) is 0 Å². The number of aryl methyl sites for hydroxylation is 1. The van der Waals surface area contributed by atoms with Crippen molar-refractivity contribution in [3.05, 3.63) is 29.8 Å². The molecule has 0 fully saturated rings. The Hall–Kier alpha value is -0.670. The molecular weight excluding hydrogens is 218 g/mol. The Balaban J connectivity index is 1.97. The first-order valence-corrected chi connectivity index (χ1v) is 7.22. The number of thioether (sulfide) groups is 1. The molecule has 0 aromatic heterocycles. The van der Waals surface area contributed by atoms with Gasteiger partial charge >= 0.3 is 0 Å². The van der Waals surface area contributed by atoms with Gasteiger partial charge in [0.05, 0.1) is 12.1 Å². The van der Waals surface area contributed by atoms with Crippen molar-refractivity contribution in [1.82, 2.24) is 0 Å². The largest absolute Gasteiger partial charge is 0.391 e. The van der Waals surface area contributed by atoms with Gasteiger partial charge in [-0.2, -0.15) is 11.8 Å². The maximum atomic E-state index is 10.1. The molecule has 2 atom stereocenters. The minimum absolute atomic E-state index is 0.221. The van der Waals surface area contributed by atoms with Gasteiger partial charge in [0.25, 0.3) is 0 Å². The van der Waals surface area contributed by atoms with Crippen LogP contribution in [-0.2, 0) is 6.42 Å². The van der Waals surface area contributed by atoms with Crippen LogP contribution in [0, 0.1) is 0 Å². The van der Waals surface area contributed by atoms with Crippen LogP contribution in [0.25, 0.3) is 0 Å². The minimum atomic E-state index is -0.221. The molecule has 3 heteroatoms. The number of aliphatic hydroxyl groups is 1. The monoisotopic (exact) mass is 237 g/mol. The first kappa shape index (κ1) is 11.8. The number of anilines is 1. The zero-order valence-corrected chi connectivity index (χ0v) is 10.5. The van der Waals surface area contributed by atoms with Crippen LogP contribution in [0.5, 0.6) is 0 Å². The number of aliphatic hydroxyl groups excluding tert-OH is 1. The minimum Gasteiger partial charge on any atom is -0.391 e. The summed E-state index contributed by atoms with van der Waals surface area (Å²) in [5, 5.41) is 13.5. The number of para-hydroxylation sites is 1. The highest BCUT2D eigenvalue weighted by molar-refractivity contribution is 7.98. The van der Waals surface area contributed by atoms with Gasteiger partial charge < -0.3 is 10.4 Å². The lowest BCUT2D eigenvalue weighted by Crippen LogP contribution is -2.37. The number of rotatable bonds is 4. The zero-order chi connectivity index (χ0) is 11.4. The van der Waals surface area contributed by atoms with Crippen molar-refractivity contribution in [3.63, 3.8) is 0 Å². The van der Waals surface area contributed by atoms with Gasteiger partial charge in [-0.1, -0.05) is 18.2 Å². The summed E-state index contributed by atoms with van der Waals surface area (Å²) in [6.07, 6.45) is 4.84. The molecular formula is C13H19NOS. The van der Waals surface area contributed by atoms with E-state index in [4.69, 9.17) is 0 Å². The predicted molar refractivity (Wildman–Crippen MR) is 71.2 cm³/mol. The third-order valence-electron chi connectivity index (χ3n) is 3.17. The van der Waals surface area contributed by atoms with Crippen LogP contribution in [0.2, 0.25) is 0 Å². The van der Waals surface area contributed by atoms with Crippen LogP contribution in [0.4, 0.5) is 5.69 Å². The molecule has 1 aromatic carbocycles. The van der Waals surface area contributed by atoms with Crippen LogP contribution >= 0.6 is 11.8 Å². The first-order chi connectivity index (χ1) is 7.81. The zero-order valence-electron chi connectivity index (χ0n) is 9.65. The van der Waals surface area contributed by atoms with Crippen molar-refractivity contribution >= 4 is 17.4 Å². The Labute approximate surface area is 101 Å². The van der Waals surface area contributed by atoms with E-state index in [1.807, 2.05) is 6.07 Å². The van der Waals surface area contributed by atoms with Gasteiger partial charge in [-0.25, -0.2) is 0 Å². The fraction of sp³-hybridized carbons (Fsp3) is 0.538. The molecule has 0 saturated carbocycles. The van der Waals surface area contributed by atoms with E-state index < -0.39 is 0 Å². The van der Waals surface area contributed by atoms with E-state index >= 15 is 0 Å². The smallest absolute Gasteiger partial charge is 0.0749 e. The average Bonchev–Trinajstić information content (AvgIpc) is 2.35. The Kier molecular flexibility index (Phi) is 4.13. The fourth-order valence-electron chi connectivity index (χ4n) is 2.19. The molecule has 1 aliphatic heterocycles. The van der Waals surface area contributed by atoms with Gasteiger partial charge in [0.1, 0.15) is 0 Å². The molecule has 0 aliphatic carbocycles. The second kappa shape index (κ2) is 5.60. The quantitative estimate of drug-likeness (QED) is 0.844. The van der Waals surface area contributed by atoms with Crippen LogP contribution in [-0.4, -0.2) is 29.3 Å². The second-order valence-corrected chi connectivity index (χ2v) is 5.28. The molecule has 1 heterocycles. The summed E-state index contributed by atoms with van der Waals surface area (Å²) >= 11 is 1.79. The molecule has 1 aliphatic rings. The van der Waals surface area contributed by atoms with E-state index in [2.05, 4.69) is 29.8 Å². The van der Waals surface area contributed by atoms with Crippen molar-refractivity contribution in [3.8, 4) is 0 Å². The van der Waals surface area contributed by atoms with Crippen LogP contribution in [0.15, 0.2) is 24.3 Å². The highest BCUT2D eigenvalue weighted by Crippen LogP contribution is 2.26. The summed E-state index contributed by atoms with van der Waals surface area (Å²) in [6, 6.07) is 8.60. The van der Waals surface area contributed by atoms with Gasteiger partial charge in [-0.3, -0.25) is 0 Å². The maximum absolute atomic E-state index is 10.1. The van der Waals surface area contributed by atoms with Gasteiger partial charge in [-0.15, -0.1) is 0 Å². The molecule has 0 radical (unpaired) electrons. The maximum Gasteiger partial charge on any atom is 0.0749 e.